The minimum Gasteiger partial charge on any atom is -0.481 e. The summed E-state index contributed by atoms with van der Waals surface area (Å²) in [6.07, 6.45) is 4.14. The predicted molar refractivity (Wildman–Crippen MR) is 68.7 cm³/mol. The zero-order valence-corrected chi connectivity index (χ0v) is 11.0. The average Bonchev–Trinajstić information content (AvgIpc) is 2.39. The van der Waals surface area contributed by atoms with Gasteiger partial charge in [-0.25, -0.2) is 4.79 Å². The Morgan fingerprint density at radius 2 is 1.68 bits per heavy atom. The lowest BCUT2D eigenvalue weighted by Crippen LogP contribution is -2.52. The minimum absolute atomic E-state index is 0.190. The number of nitrogens with zero attached hydrogens (tertiary/aromatic N) is 1. The molecule has 6 heteroatoms. The first-order valence-corrected chi connectivity index (χ1v) is 7.04. The molecule has 1 aliphatic heterocycles. The van der Waals surface area contributed by atoms with E-state index in [0.29, 0.717) is 32.4 Å². The molecule has 3 N–H and O–H groups in total. The second-order valence-electron chi connectivity index (χ2n) is 5.50. The summed E-state index contributed by atoms with van der Waals surface area (Å²) in [6, 6.07) is -0.448. The highest BCUT2D eigenvalue weighted by Crippen LogP contribution is 2.25. The van der Waals surface area contributed by atoms with Crippen LogP contribution in [0.15, 0.2) is 0 Å². The number of carbonyl (C=O) groups excluding carboxylic acids is 1. The summed E-state index contributed by atoms with van der Waals surface area (Å²) < 4.78 is 0. The van der Waals surface area contributed by atoms with Gasteiger partial charge in [0, 0.05) is 19.1 Å². The van der Waals surface area contributed by atoms with Crippen LogP contribution in [0.4, 0.5) is 4.79 Å². The molecule has 108 valence electrons. The first-order chi connectivity index (χ1) is 9.08. The van der Waals surface area contributed by atoms with Crippen LogP contribution < -0.4 is 5.32 Å². The number of aliphatic hydroxyl groups excluding tert-OH is 1. The molecule has 2 fully saturated rings. The molecule has 0 aromatic carbocycles. The van der Waals surface area contributed by atoms with Gasteiger partial charge >= 0.3 is 12.0 Å². The van der Waals surface area contributed by atoms with Crippen LogP contribution in [0.2, 0.25) is 0 Å². The molecule has 0 aromatic rings. The number of piperidine rings is 1. The third-order valence-electron chi connectivity index (χ3n) is 4.14. The lowest BCUT2D eigenvalue weighted by molar-refractivity contribution is -0.143. The second kappa shape index (κ2) is 6.23. The topological polar surface area (TPSA) is 89.9 Å². The zero-order valence-electron chi connectivity index (χ0n) is 11.0. The summed E-state index contributed by atoms with van der Waals surface area (Å²) in [4.78, 5) is 24.9. The van der Waals surface area contributed by atoms with Crippen LogP contribution in [-0.4, -0.2) is 52.3 Å². The zero-order chi connectivity index (χ0) is 13.8. The fourth-order valence-electron chi connectivity index (χ4n) is 2.92. The lowest BCUT2D eigenvalue weighted by Gasteiger charge is -2.34. The van der Waals surface area contributed by atoms with E-state index in [4.69, 9.17) is 5.11 Å². The number of rotatable bonds is 2. The van der Waals surface area contributed by atoms with Gasteiger partial charge in [-0.2, -0.15) is 0 Å². The maximum atomic E-state index is 12.1. The monoisotopic (exact) mass is 270 g/mol. The lowest BCUT2D eigenvalue weighted by atomic mass is 9.84. The number of aliphatic carboxylic acids is 1. The van der Waals surface area contributed by atoms with E-state index in [1.165, 1.54) is 0 Å². The van der Waals surface area contributed by atoms with E-state index < -0.39 is 11.9 Å². The van der Waals surface area contributed by atoms with Gasteiger partial charge in [0.25, 0.3) is 0 Å². The van der Waals surface area contributed by atoms with Crippen molar-refractivity contribution >= 4 is 12.0 Å². The van der Waals surface area contributed by atoms with Gasteiger partial charge in [-0.3, -0.25) is 4.79 Å². The van der Waals surface area contributed by atoms with Crippen LogP contribution in [0.25, 0.3) is 0 Å². The van der Waals surface area contributed by atoms with Crippen molar-refractivity contribution in [3.05, 3.63) is 0 Å². The molecular formula is C13H22N2O4. The Bertz CT molecular complexity index is 340. The van der Waals surface area contributed by atoms with Gasteiger partial charge in [-0.1, -0.05) is 12.8 Å². The van der Waals surface area contributed by atoms with E-state index in [1.807, 2.05) is 0 Å². The number of nitrogens with one attached hydrogen (secondary N) is 1. The Labute approximate surface area is 112 Å². The third kappa shape index (κ3) is 3.59. The van der Waals surface area contributed by atoms with Crippen LogP contribution in [0.3, 0.4) is 0 Å². The smallest absolute Gasteiger partial charge is 0.317 e. The third-order valence-corrected chi connectivity index (χ3v) is 4.14. The molecule has 0 spiro atoms. The van der Waals surface area contributed by atoms with E-state index in [1.54, 1.807) is 4.90 Å². The summed E-state index contributed by atoms with van der Waals surface area (Å²) in [7, 11) is 0. The van der Waals surface area contributed by atoms with Crippen molar-refractivity contribution in [2.45, 2.75) is 50.7 Å². The fourth-order valence-corrected chi connectivity index (χ4v) is 2.92. The molecule has 0 radical (unpaired) electrons. The first-order valence-electron chi connectivity index (χ1n) is 7.04. The van der Waals surface area contributed by atoms with Crippen LogP contribution in [0.1, 0.15) is 38.5 Å². The van der Waals surface area contributed by atoms with Crippen molar-refractivity contribution < 1.29 is 19.8 Å². The molecule has 0 bridgehead atoms. The quantitative estimate of drug-likeness (QED) is 0.692. The van der Waals surface area contributed by atoms with E-state index in [0.717, 1.165) is 19.3 Å². The highest BCUT2D eigenvalue weighted by molar-refractivity contribution is 5.77. The number of aliphatic hydroxyl groups is 1. The van der Waals surface area contributed by atoms with Crippen LogP contribution >= 0.6 is 0 Å². The maximum Gasteiger partial charge on any atom is 0.317 e. The number of carboxylic acid groups (broad SMARTS) is 1. The van der Waals surface area contributed by atoms with Crippen molar-refractivity contribution in [3.8, 4) is 0 Å². The van der Waals surface area contributed by atoms with Gasteiger partial charge < -0.3 is 20.4 Å². The van der Waals surface area contributed by atoms with Crippen molar-refractivity contribution in [3.63, 3.8) is 0 Å². The molecule has 1 saturated heterocycles. The Hall–Kier alpha value is -1.30. The Balaban J connectivity index is 1.88. The Morgan fingerprint density at radius 1 is 1.05 bits per heavy atom. The molecule has 2 unspecified atom stereocenters. The summed E-state index contributed by atoms with van der Waals surface area (Å²) in [6.45, 7) is 1.08. The fraction of sp³-hybridized carbons (Fsp3) is 0.846. The van der Waals surface area contributed by atoms with Gasteiger partial charge in [-0.15, -0.1) is 0 Å². The molecule has 2 aliphatic rings. The highest BCUT2D eigenvalue weighted by atomic mass is 16.4. The molecule has 2 atom stereocenters. The number of hydrogen-bond acceptors (Lipinski definition) is 3. The molecule has 0 aromatic heterocycles. The minimum atomic E-state index is -0.820. The summed E-state index contributed by atoms with van der Waals surface area (Å²) >= 11 is 0. The predicted octanol–water partition coefficient (Wildman–Crippen LogP) is 0.796. The number of hydrogen-bond donors (Lipinski definition) is 3. The van der Waals surface area contributed by atoms with Gasteiger partial charge in [-0.05, 0) is 25.7 Å². The molecular weight excluding hydrogens is 248 g/mol. The molecule has 6 nitrogen and oxygen atoms in total. The normalized spacial score (nSPS) is 29.0. The average molecular weight is 270 g/mol. The second-order valence-corrected chi connectivity index (χ2v) is 5.50. The number of carbonyl (C=O) groups is 2. The molecule has 2 rings (SSSR count). The molecule has 1 saturated carbocycles. The van der Waals surface area contributed by atoms with Crippen LogP contribution in [0, 0.1) is 5.92 Å². The largest absolute Gasteiger partial charge is 0.481 e. The molecule has 2 amide bonds. The van der Waals surface area contributed by atoms with E-state index in [9.17, 15) is 14.7 Å². The number of amides is 2. The SMILES string of the molecule is O=C(O)C1CCCCC1NC(=O)N1CCC(O)CC1. The Morgan fingerprint density at radius 3 is 2.32 bits per heavy atom. The Kier molecular flexibility index (Phi) is 4.63. The van der Waals surface area contributed by atoms with Crippen molar-refractivity contribution in [1.82, 2.24) is 10.2 Å². The van der Waals surface area contributed by atoms with Crippen molar-refractivity contribution in [2.75, 3.05) is 13.1 Å². The van der Waals surface area contributed by atoms with Crippen LogP contribution in [-0.2, 0) is 4.79 Å². The highest BCUT2D eigenvalue weighted by Gasteiger charge is 2.33. The molecule has 1 heterocycles. The van der Waals surface area contributed by atoms with Crippen LogP contribution in [0.5, 0.6) is 0 Å². The van der Waals surface area contributed by atoms with E-state index in [2.05, 4.69) is 5.32 Å². The summed E-state index contributed by atoms with van der Waals surface area (Å²) in [5, 5.41) is 21.4. The summed E-state index contributed by atoms with van der Waals surface area (Å²) in [5.41, 5.74) is 0. The number of urea groups is 1. The standard InChI is InChI=1S/C13H22N2O4/c16-9-5-7-15(8-6-9)13(19)14-11-4-2-1-3-10(11)12(17)18/h9-11,16H,1-8H2,(H,14,19)(H,17,18). The molecule has 19 heavy (non-hydrogen) atoms. The van der Waals surface area contributed by atoms with Crippen molar-refractivity contribution in [1.29, 1.82) is 0 Å². The van der Waals surface area contributed by atoms with Crippen molar-refractivity contribution in [2.24, 2.45) is 5.92 Å². The van der Waals surface area contributed by atoms with Gasteiger partial charge in [0.15, 0.2) is 0 Å². The van der Waals surface area contributed by atoms with Gasteiger partial charge in [0.05, 0.1) is 12.0 Å². The molecule has 1 aliphatic carbocycles. The van der Waals surface area contributed by atoms with Gasteiger partial charge in [0.1, 0.15) is 0 Å². The van der Waals surface area contributed by atoms with E-state index in [-0.39, 0.29) is 18.2 Å². The number of likely N-dealkylation sites (tertiary alicyclic amines) is 1. The first kappa shape index (κ1) is 14.1. The van der Waals surface area contributed by atoms with Gasteiger partial charge in [0.2, 0.25) is 0 Å². The number of carboxylic acids is 1. The van der Waals surface area contributed by atoms with E-state index >= 15 is 0 Å². The summed E-state index contributed by atoms with van der Waals surface area (Å²) in [5.74, 6) is -1.29. The maximum absolute atomic E-state index is 12.1.